The summed E-state index contributed by atoms with van der Waals surface area (Å²) < 4.78 is 0. The normalized spacial score (nSPS) is 9.40. The van der Waals surface area contributed by atoms with Crippen molar-refractivity contribution in [3.8, 4) is 6.07 Å². The van der Waals surface area contributed by atoms with Gasteiger partial charge >= 0.3 is 0 Å². The Bertz CT molecular complexity index is 381. The van der Waals surface area contributed by atoms with Gasteiger partial charge in [0.1, 0.15) is 0 Å². The molecule has 1 rings (SSSR count). The zero-order chi connectivity index (χ0) is 11.3. The molecule has 0 saturated carbocycles. The summed E-state index contributed by atoms with van der Waals surface area (Å²) in [5.41, 5.74) is 1.34. The van der Waals surface area contributed by atoms with Gasteiger partial charge in [-0.05, 0) is 24.3 Å². The van der Waals surface area contributed by atoms with E-state index in [0.29, 0.717) is 18.0 Å². The first-order valence-electron chi connectivity index (χ1n) is 4.53. The van der Waals surface area contributed by atoms with Gasteiger partial charge in [0.15, 0.2) is 0 Å². The Balaban J connectivity index is 2.92. The number of benzene rings is 1. The lowest BCUT2D eigenvalue weighted by Crippen LogP contribution is -2.30. The molecule has 0 N–H and O–H groups in total. The average Bonchev–Trinajstić information content (AvgIpc) is 2.26. The molecular formula is C11H11ClN2O. The van der Waals surface area contributed by atoms with Crippen LogP contribution in [0.3, 0.4) is 0 Å². The van der Waals surface area contributed by atoms with E-state index in [9.17, 15) is 4.79 Å². The van der Waals surface area contributed by atoms with Crippen LogP contribution in [0.5, 0.6) is 0 Å². The van der Waals surface area contributed by atoms with Crippen molar-refractivity contribution in [3.63, 3.8) is 0 Å². The highest BCUT2D eigenvalue weighted by Gasteiger charge is 2.09. The Labute approximate surface area is 93.9 Å². The third kappa shape index (κ3) is 2.97. The minimum atomic E-state index is -0.0552. The molecule has 15 heavy (non-hydrogen) atoms. The number of carbonyl (C=O) groups excluding carboxylic acids is 1. The number of halogens is 1. The molecule has 0 aliphatic heterocycles. The Hall–Kier alpha value is -1.53. The molecule has 0 saturated heterocycles. The van der Waals surface area contributed by atoms with Crippen LogP contribution in [0.15, 0.2) is 24.3 Å². The van der Waals surface area contributed by atoms with Crippen molar-refractivity contribution in [3.05, 3.63) is 29.8 Å². The lowest BCUT2D eigenvalue weighted by molar-refractivity contribution is -0.116. The second-order valence-electron chi connectivity index (χ2n) is 3.02. The molecule has 0 unspecified atom stereocenters. The van der Waals surface area contributed by atoms with Gasteiger partial charge in [-0.3, -0.25) is 4.79 Å². The lowest BCUT2D eigenvalue weighted by Gasteiger charge is -2.19. The first kappa shape index (κ1) is 11.5. The van der Waals surface area contributed by atoms with Crippen LogP contribution in [0.2, 0.25) is 0 Å². The highest BCUT2D eigenvalue weighted by Crippen LogP contribution is 2.15. The van der Waals surface area contributed by atoms with Crippen LogP contribution >= 0.6 is 11.6 Å². The number of alkyl halides is 1. The van der Waals surface area contributed by atoms with Crippen molar-refractivity contribution in [1.82, 2.24) is 0 Å². The molecule has 1 amide bonds. The fourth-order valence-electron chi connectivity index (χ4n) is 1.27. The molecule has 0 bridgehead atoms. The van der Waals surface area contributed by atoms with Gasteiger partial charge in [-0.15, -0.1) is 11.6 Å². The maximum atomic E-state index is 11.3. The summed E-state index contributed by atoms with van der Waals surface area (Å²) in [6.45, 7) is 1.97. The maximum Gasteiger partial charge on any atom is 0.223 e. The summed E-state index contributed by atoms with van der Waals surface area (Å²) in [6, 6.07) is 8.87. The second-order valence-corrected chi connectivity index (χ2v) is 3.40. The van der Waals surface area contributed by atoms with Gasteiger partial charge < -0.3 is 4.90 Å². The van der Waals surface area contributed by atoms with Gasteiger partial charge in [0.25, 0.3) is 0 Å². The molecule has 1 aromatic rings. The number of nitriles is 1. The van der Waals surface area contributed by atoms with E-state index >= 15 is 0 Å². The van der Waals surface area contributed by atoms with E-state index in [4.69, 9.17) is 16.9 Å². The third-order valence-electron chi connectivity index (χ3n) is 2.00. The van der Waals surface area contributed by atoms with Crippen molar-refractivity contribution in [2.75, 3.05) is 17.3 Å². The van der Waals surface area contributed by atoms with Crippen molar-refractivity contribution in [2.24, 2.45) is 0 Å². The van der Waals surface area contributed by atoms with Crippen LogP contribution in [-0.2, 0) is 4.79 Å². The Morgan fingerprint density at radius 3 is 2.47 bits per heavy atom. The van der Waals surface area contributed by atoms with Crippen LogP contribution in [-0.4, -0.2) is 18.3 Å². The molecular weight excluding hydrogens is 212 g/mol. The highest BCUT2D eigenvalue weighted by molar-refractivity contribution is 6.18. The number of hydrogen-bond acceptors (Lipinski definition) is 2. The first-order valence-corrected chi connectivity index (χ1v) is 5.06. The van der Waals surface area contributed by atoms with Crippen molar-refractivity contribution in [1.29, 1.82) is 5.26 Å². The van der Waals surface area contributed by atoms with E-state index in [2.05, 4.69) is 0 Å². The van der Waals surface area contributed by atoms with Crippen LogP contribution in [0.25, 0.3) is 0 Å². The number of amides is 1. The summed E-state index contributed by atoms with van der Waals surface area (Å²) in [7, 11) is 0. The van der Waals surface area contributed by atoms with Gasteiger partial charge in [-0.25, -0.2) is 0 Å². The van der Waals surface area contributed by atoms with Crippen LogP contribution in [0.4, 0.5) is 5.69 Å². The van der Waals surface area contributed by atoms with Crippen molar-refractivity contribution < 1.29 is 4.79 Å². The first-order chi connectivity index (χ1) is 7.19. The highest BCUT2D eigenvalue weighted by atomic mass is 35.5. The van der Waals surface area contributed by atoms with E-state index in [1.54, 1.807) is 29.2 Å². The van der Waals surface area contributed by atoms with Crippen molar-refractivity contribution in [2.45, 2.75) is 6.92 Å². The van der Waals surface area contributed by atoms with Crippen LogP contribution in [0, 0.1) is 11.3 Å². The molecule has 1 aromatic carbocycles. The number of nitrogens with zero attached hydrogens (tertiary/aromatic N) is 2. The monoisotopic (exact) mass is 222 g/mol. The van der Waals surface area contributed by atoms with E-state index in [1.807, 2.05) is 6.07 Å². The molecule has 78 valence electrons. The van der Waals surface area contributed by atoms with Gasteiger partial charge in [0, 0.05) is 25.0 Å². The summed E-state index contributed by atoms with van der Waals surface area (Å²) in [5.74, 6) is 0.333. The van der Waals surface area contributed by atoms with E-state index in [1.165, 1.54) is 6.92 Å². The average molecular weight is 223 g/mol. The van der Waals surface area contributed by atoms with E-state index < -0.39 is 0 Å². The fraction of sp³-hybridized carbons (Fsp3) is 0.273. The molecule has 0 aromatic heterocycles. The summed E-state index contributed by atoms with van der Waals surface area (Å²) >= 11 is 5.60. The standard InChI is InChI=1S/C11H11ClN2O/c1-9(15)14(7-6-12)11-4-2-10(8-13)3-5-11/h2-5H,6-7H2,1H3. The minimum absolute atomic E-state index is 0.0552. The Morgan fingerprint density at radius 2 is 2.07 bits per heavy atom. The maximum absolute atomic E-state index is 11.3. The molecule has 0 heterocycles. The topological polar surface area (TPSA) is 44.1 Å². The Morgan fingerprint density at radius 1 is 1.47 bits per heavy atom. The lowest BCUT2D eigenvalue weighted by atomic mass is 10.2. The van der Waals surface area contributed by atoms with E-state index in [-0.39, 0.29) is 5.91 Å². The van der Waals surface area contributed by atoms with Crippen LogP contribution < -0.4 is 4.90 Å². The predicted octanol–water partition coefficient (Wildman–Crippen LogP) is 2.15. The zero-order valence-electron chi connectivity index (χ0n) is 8.40. The largest absolute Gasteiger partial charge is 0.311 e. The molecule has 0 radical (unpaired) electrons. The molecule has 0 spiro atoms. The minimum Gasteiger partial charge on any atom is -0.311 e. The summed E-state index contributed by atoms with van der Waals surface area (Å²) in [5, 5.41) is 8.63. The number of rotatable bonds is 3. The fourth-order valence-corrected chi connectivity index (χ4v) is 1.44. The molecule has 3 nitrogen and oxygen atoms in total. The summed E-state index contributed by atoms with van der Waals surface area (Å²) in [4.78, 5) is 12.9. The quantitative estimate of drug-likeness (QED) is 0.736. The molecule has 0 atom stereocenters. The van der Waals surface area contributed by atoms with Gasteiger partial charge in [-0.1, -0.05) is 0 Å². The number of hydrogen-bond donors (Lipinski definition) is 0. The van der Waals surface area contributed by atoms with Gasteiger partial charge in [0.05, 0.1) is 11.6 Å². The molecule has 0 fully saturated rings. The molecule has 4 heteroatoms. The molecule has 0 aliphatic rings. The summed E-state index contributed by atoms with van der Waals surface area (Å²) in [6.07, 6.45) is 0. The number of carbonyl (C=O) groups is 1. The molecule has 0 aliphatic carbocycles. The third-order valence-corrected chi connectivity index (χ3v) is 2.17. The van der Waals surface area contributed by atoms with Crippen LogP contribution in [0.1, 0.15) is 12.5 Å². The number of anilines is 1. The Kier molecular flexibility index (Phi) is 4.14. The zero-order valence-corrected chi connectivity index (χ0v) is 9.16. The smallest absolute Gasteiger partial charge is 0.223 e. The predicted molar refractivity (Wildman–Crippen MR) is 59.9 cm³/mol. The van der Waals surface area contributed by atoms with Gasteiger partial charge in [-0.2, -0.15) is 5.26 Å². The van der Waals surface area contributed by atoms with Crippen molar-refractivity contribution >= 4 is 23.2 Å². The van der Waals surface area contributed by atoms with E-state index in [0.717, 1.165) is 5.69 Å². The van der Waals surface area contributed by atoms with Gasteiger partial charge in [0.2, 0.25) is 5.91 Å². The SMILES string of the molecule is CC(=O)N(CCCl)c1ccc(C#N)cc1. The second kappa shape index (κ2) is 5.38.